The zero-order chi connectivity index (χ0) is 22.1. The Morgan fingerprint density at radius 2 is 1.41 bits per heavy atom. The molecular weight excluding hydrogens is 388 g/mol. The van der Waals surface area contributed by atoms with Crippen LogP contribution in [0.3, 0.4) is 0 Å². The Balaban J connectivity index is 1.65. The molecule has 0 aliphatic heterocycles. The van der Waals surface area contributed by atoms with Gasteiger partial charge in [0, 0.05) is 43.6 Å². The van der Waals surface area contributed by atoms with Crippen molar-refractivity contribution in [3.8, 4) is 22.4 Å². The zero-order valence-corrected chi connectivity index (χ0v) is 19.0. The second-order valence-electron chi connectivity index (χ2n) is 8.75. The summed E-state index contributed by atoms with van der Waals surface area (Å²) in [5.41, 5.74) is 11.7. The highest BCUT2D eigenvalue weighted by Gasteiger charge is 2.21. The van der Waals surface area contributed by atoms with Gasteiger partial charge in [0.2, 0.25) is 11.4 Å². The molecule has 3 aromatic carbocycles. The molecule has 1 heterocycles. The molecule has 0 N–H and O–H groups in total. The summed E-state index contributed by atoms with van der Waals surface area (Å²) in [6, 6.07) is 32.8. The highest BCUT2D eigenvalue weighted by Crippen LogP contribution is 2.36. The number of nitrogens with zero attached hydrogens (tertiary/aromatic N) is 2. The van der Waals surface area contributed by atoms with Gasteiger partial charge >= 0.3 is 0 Å². The molecule has 0 saturated heterocycles. The molecule has 0 atom stereocenters. The molecule has 1 aliphatic carbocycles. The zero-order valence-electron chi connectivity index (χ0n) is 19.0. The number of aromatic nitrogens is 1. The molecule has 1 aliphatic rings. The third-order valence-electron chi connectivity index (χ3n) is 6.46. The van der Waals surface area contributed by atoms with Gasteiger partial charge in [-0.3, -0.25) is 0 Å². The molecule has 158 valence electrons. The van der Waals surface area contributed by atoms with E-state index in [1.54, 1.807) is 0 Å². The Kier molecular flexibility index (Phi) is 5.36. The lowest BCUT2D eigenvalue weighted by Gasteiger charge is -2.14. The van der Waals surface area contributed by atoms with Crippen LogP contribution in [-0.4, -0.2) is 14.1 Å². The first kappa shape index (κ1) is 20.3. The van der Waals surface area contributed by atoms with Crippen LogP contribution in [0.25, 0.3) is 34.0 Å². The number of hydrogen-bond donors (Lipinski definition) is 0. The second kappa shape index (κ2) is 8.47. The van der Waals surface area contributed by atoms with Crippen LogP contribution in [0.5, 0.6) is 0 Å². The van der Waals surface area contributed by atoms with Gasteiger partial charge in [-0.15, -0.1) is 0 Å². The largest absolute Gasteiger partial charge is 0.378 e. The van der Waals surface area contributed by atoms with E-state index in [1.165, 1.54) is 50.5 Å². The standard InChI is InChI=1S/C30H29N2/c1-31(2)27-16-17-29-24(18-27)14-15-25(29)19-28-20-26(22-10-6-4-7-11-22)21-30(32(28)3)23-12-8-5-9-13-23/h4-13,16-21H,14-15H2,1-3H3/q+1. The molecule has 5 rings (SSSR count). The average Bonchev–Trinajstić information content (AvgIpc) is 3.23. The van der Waals surface area contributed by atoms with E-state index in [9.17, 15) is 0 Å². The quantitative estimate of drug-likeness (QED) is 0.349. The Morgan fingerprint density at radius 3 is 2.09 bits per heavy atom. The third-order valence-corrected chi connectivity index (χ3v) is 6.46. The number of pyridine rings is 1. The molecule has 4 aromatic rings. The van der Waals surface area contributed by atoms with Crippen molar-refractivity contribution in [1.29, 1.82) is 0 Å². The van der Waals surface area contributed by atoms with Gasteiger partial charge in [-0.05, 0) is 64.9 Å². The number of benzene rings is 3. The molecule has 2 nitrogen and oxygen atoms in total. The fourth-order valence-corrected chi connectivity index (χ4v) is 4.61. The van der Waals surface area contributed by atoms with Gasteiger partial charge in [-0.2, -0.15) is 4.57 Å². The minimum absolute atomic E-state index is 1.09. The maximum Gasteiger partial charge on any atom is 0.213 e. The molecule has 32 heavy (non-hydrogen) atoms. The number of fused-ring (bicyclic) bond motifs is 1. The summed E-state index contributed by atoms with van der Waals surface area (Å²) in [4.78, 5) is 2.18. The van der Waals surface area contributed by atoms with E-state index in [4.69, 9.17) is 0 Å². The van der Waals surface area contributed by atoms with E-state index in [0.717, 1.165) is 12.8 Å². The molecule has 0 amide bonds. The fourth-order valence-electron chi connectivity index (χ4n) is 4.61. The number of rotatable bonds is 4. The maximum absolute atomic E-state index is 2.39. The van der Waals surface area contributed by atoms with Crippen molar-refractivity contribution in [1.82, 2.24) is 0 Å². The van der Waals surface area contributed by atoms with Gasteiger partial charge in [0.1, 0.15) is 7.05 Å². The van der Waals surface area contributed by atoms with Crippen LogP contribution >= 0.6 is 0 Å². The Labute approximate surface area is 191 Å². The van der Waals surface area contributed by atoms with Crippen LogP contribution in [0.4, 0.5) is 5.69 Å². The van der Waals surface area contributed by atoms with Crippen molar-refractivity contribution >= 4 is 17.3 Å². The highest BCUT2D eigenvalue weighted by molar-refractivity contribution is 5.86. The molecule has 0 saturated carbocycles. The predicted molar refractivity (Wildman–Crippen MR) is 135 cm³/mol. The minimum atomic E-state index is 1.09. The van der Waals surface area contributed by atoms with Gasteiger partial charge in [0.05, 0.1) is 0 Å². The van der Waals surface area contributed by atoms with Crippen molar-refractivity contribution in [3.05, 3.63) is 108 Å². The number of hydrogen-bond acceptors (Lipinski definition) is 1. The summed E-state index contributed by atoms with van der Waals surface area (Å²) in [5, 5.41) is 0. The van der Waals surface area contributed by atoms with Crippen molar-refractivity contribution in [2.45, 2.75) is 12.8 Å². The molecule has 0 radical (unpaired) electrons. The third kappa shape index (κ3) is 3.85. The summed E-state index contributed by atoms with van der Waals surface area (Å²) in [6.07, 6.45) is 4.58. The molecule has 0 unspecified atom stereocenters. The lowest BCUT2D eigenvalue weighted by Crippen LogP contribution is -2.34. The van der Waals surface area contributed by atoms with Crippen molar-refractivity contribution in [2.75, 3.05) is 19.0 Å². The number of allylic oxidation sites excluding steroid dienone is 1. The van der Waals surface area contributed by atoms with E-state index < -0.39 is 0 Å². The molecule has 0 bridgehead atoms. The van der Waals surface area contributed by atoms with E-state index >= 15 is 0 Å². The topological polar surface area (TPSA) is 7.12 Å². The van der Waals surface area contributed by atoms with Gasteiger partial charge in [-0.1, -0.05) is 54.6 Å². The van der Waals surface area contributed by atoms with E-state index in [2.05, 4.69) is 128 Å². The minimum Gasteiger partial charge on any atom is -0.378 e. The smallest absolute Gasteiger partial charge is 0.213 e. The van der Waals surface area contributed by atoms with Crippen LogP contribution in [0.2, 0.25) is 0 Å². The van der Waals surface area contributed by atoms with Crippen LogP contribution in [0, 0.1) is 0 Å². The van der Waals surface area contributed by atoms with Crippen molar-refractivity contribution < 1.29 is 4.57 Å². The van der Waals surface area contributed by atoms with Crippen molar-refractivity contribution in [2.24, 2.45) is 7.05 Å². The van der Waals surface area contributed by atoms with Crippen LogP contribution in [0.15, 0.2) is 91.0 Å². The van der Waals surface area contributed by atoms with Gasteiger partial charge in [0.25, 0.3) is 0 Å². The Bertz CT molecular complexity index is 1290. The second-order valence-corrected chi connectivity index (χ2v) is 8.75. The summed E-state index contributed by atoms with van der Waals surface area (Å²) < 4.78 is 2.32. The molecule has 2 heteroatoms. The molecule has 0 spiro atoms. The monoisotopic (exact) mass is 417 g/mol. The lowest BCUT2D eigenvalue weighted by molar-refractivity contribution is -0.662. The molecular formula is C30H29N2+. The van der Waals surface area contributed by atoms with Crippen LogP contribution < -0.4 is 9.47 Å². The van der Waals surface area contributed by atoms with Gasteiger partial charge in [-0.25, -0.2) is 0 Å². The molecule has 0 fully saturated rings. The number of aryl methyl sites for hydroxylation is 1. The normalized spacial score (nSPS) is 13.9. The first-order chi connectivity index (χ1) is 15.6. The van der Waals surface area contributed by atoms with E-state index in [0.29, 0.717) is 0 Å². The SMILES string of the molecule is CN(C)c1ccc2c(c1)CC/C2=C\c1cc(-c2ccccc2)cc(-c2ccccc2)[n+]1C. The summed E-state index contributed by atoms with van der Waals surface area (Å²) in [5.74, 6) is 0. The highest BCUT2D eigenvalue weighted by atomic mass is 15.1. The Morgan fingerprint density at radius 1 is 0.719 bits per heavy atom. The fraction of sp³-hybridized carbons (Fsp3) is 0.167. The number of anilines is 1. The first-order valence-electron chi connectivity index (χ1n) is 11.3. The summed E-state index contributed by atoms with van der Waals surface area (Å²) in [7, 11) is 6.38. The molecule has 1 aromatic heterocycles. The maximum atomic E-state index is 2.39. The van der Waals surface area contributed by atoms with Gasteiger partial charge in [0.15, 0.2) is 0 Å². The summed E-state index contributed by atoms with van der Waals surface area (Å²) in [6.45, 7) is 0. The first-order valence-corrected chi connectivity index (χ1v) is 11.3. The van der Waals surface area contributed by atoms with E-state index in [1.807, 2.05) is 0 Å². The van der Waals surface area contributed by atoms with Crippen molar-refractivity contribution in [3.63, 3.8) is 0 Å². The summed E-state index contributed by atoms with van der Waals surface area (Å²) >= 11 is 0. The average molecular weight is 418 g/mol. The van der Waals surface area contributed by atoms with Gasteiger partial charge < -0.3 is 4.90 Å². The van der Waals surface area contributed by atoms with E-state index in [-0.39, 0.29) is 0 Å². The van der Waals surface area contributed by atoms with Crippen LogP contribution in [-0.2, 0) is 13.5 Å². The predicted octanol–water partition coefficient (Wildman–Crippen LogP) is 6.40. The van der Waals surface area contributed by atoms with Crippen LogP contribution in [0.1, 0.15) is 23.2 Å². The Hall–Kier alpha value is -3.65. The lowest BCUT2D eigenvalue weighted by atomic mass is 10.00.